The molecule has 5 nitrogen and oxygen atoms in total. The predicted octanol–water partition coefficient (Wildman–Crippen LogP) is 3.83. The lowest BCUT2D eigenvalue weighted by Gasteiger charge is -2.28. The summed E-state index contributed by atoms with van der Waals surface area (Å²) in [6.07, 6.45) is 3.39. The second kappa shape index (κ2) is 6.61. The minimum absolute atomic E-state index is 0.0192. The fraction of sp³-hybridized carbons (Fsp3) is 0.538. The van der Waals surface area contributed by atoms with Crippen molar-refractivity contribution < 1.29 is 14.8 Å². The summed E-state index contributed by atoms with van der Waals surface area (Å²) in [6, 6.07) is 2.48. The quantitative estimate of drug-likeness (QED) is 0.676. The van der Waals surface area contributed by atoms with Crippen LogP contribution in [0.3, 0.4) is 0 Å². The minimum atomic E-state index is -0.548. The molecule has 0 saturated heterocycles. The Balaban J connectivity index is 2.08. The Kier molecular flexibility index (Phi) is 5.07. The van der Waals surface area contributed by atoms with E-state index in [-0.39, 0.29) is 28.4 Å². The molecule has 1 aliphatic rings. The summed E-state index contributed by atoms with van der Waals surface area (Å²) in [5, 5.41) is 20.1. The molecule has 1 aromatic rings. The van der Waals surface area contributed by atoms with Crippen molar-refractivity contribution in [2.45, 2.75) is 31.8 Å². The van der Waals surface area contributed by atoms with Crippen molar-refractivity contribution in [2.75, 3.05) is 6.61 Å². The molecular weight excluding hydrogens is 305 g/mol. The average Bonchev–Trinajstić information content (AvgIpc) is 2.43. The van der Waals surface area contributed by atoms with E-state index >= 15 is 0 Å². The van der Waals surface area contributed by atoms with Gasteiger partial charge < -0.3 is 9.84 Å². The van der Waals surface area contributed by atoms with Crippen LogP contribution in [0.4, 0.5) is 5.69 Å². The largest absolute Gasteiger partial charge is 0.487 e. The molecule has 0 aromatic heterocycles. The molecule has 1 fully saturated rings. The van der Waals surface area contributed by atoms with Crippen molar-refractivity contribution in [2.24, 2.45) is 5.92 Å². The van der Waals surface area contributed by atoms with Crippen molar-refractivity contribution in [3.8, 4) is 5.75 Å². The fourth-order valence-corrected chi connectivity index (χ4v) is 2.93. The normalized spacial score (nSPS) is 22.6. The highest BCUT2D eigenvalue weighted by atomic mass is 35.5. The summed E-state index contributed by atoms with van der Waals surface area (Å²) in [5.41, 5.74) is -0.156. The number of nitro groups is 1. The average molecular weight is 320 g/mol. The second-order valence-corrected chi connectivity index (χ2v) is 5.75. The van der Waals surface area contributed by atoms with Gasteiger partial charge in [-0.05, 0) is 31.6 Å². The van der Waals surface area contributed by atoms with Gasteiger partial charge in [0.25, 0.3) is 5.69 Å². The Labute approximate surface area is 126 Å². The maximum Gasteiger partial charge on any atom is 0.272 e. The van der Waals surface area contributed by atoms with Gasteiger partial charge in [0.2, 0.25) is 0 Å². The number of hydrogen-bond donors (Lipinski definition) is 1. The molecular formula is C13H15Cl2NO4. The Morgan fingerprint density at radius 2 is 1.80 bits per heavy atom. The Hall–Kier alpha value is -1.04. The minimum Gasteiger partial charge on any atom is -0.487 e. The number of aliphatic hydroxyl groups excluding tert-OH is 1. The lowest BCUT2D eigenvalue weighted by Crippen LogP contribution is -2.25. The molecule has 0 unspecified atom stereocenters. The summed E-state index contributed by atoms with van der Waals surface area (Å²) in [7, 11) is 0. The number of hydrogen-bond acceptors (Lipinski definition) is 4. The molecule has 1 aliphatic carbocycles. The maximum absolute atomic E-state index is 10.7. The van der Waals surface area contributed by atoms with Gasteiger partial charge in [-0.3, -0.25) is 10.1 Å². The topological polar surface area (TPSA) is 72.6 Å². The Bertz CT molecular complexity index is 478. The lowest BCUT2D eigenvalue weighted by atomic mass is 9.88. The Morgan fingerprint density at radius 3 is 2.25 bits per heavy atom. The molecule has 20 heavy (non-hydrogen) atoms. The molecule has 0 atom stereocenters. The van der Waals surface area contributed by atoms with Crippen LogP contribution in [0.1, 0.15) is 25.7 Å². The summed E-state index contributed by atoms with van der Waals surface area (Å²) < 4.78 is 5.78. The van der Waals surface area contributed by atoms with Gasteiger partial charge in [0.05, 0.1) is 21.1 Å². The number of nitro benzene ring substituents is 1. The second-order valence-electron chi connectivity index (χ2n) is 4.94. The molecule has 0 spiro atoms. The number of ether oxygens (including phenoxy) is 1. The third-order valence-electron chi connectivity index (χ3n) is 3.53. The summed E-state index contributed by atoms with van der Waals surface area (Å²) >= 11 is 12.0. The van der Waals surface area contributed by atoms with E-state index in [1.54, 1.807) is 0 Å². The zero-order valence-electron chi connectivity index (χ0n) is 10.7. The number of rotatable bonds is 4. The third-order valence-corrected chi connectivity index (χ3v) is 4.09. The van der Waals surface area contributed by atoms with Gasteiger partial charge in [0.1, 0.15) is 0 Å². The molecule has 0 aliphatic heterocycles. The summed E-state index contributed by atoms with van der Waals surface area (Å²) in [4.78, 5) is 10.2. The molecule has 110 valence electrons. The van der Waals surface area contributed by atoms with E-state index in [9.17, 15) is 10.1 Å². The number of aliphatic hydroxyl groups is 1. The number of nitrogens with zero attached hydrogens (tertiary/aromatic N) is 1. The molecule has 1 N–H and O–H groups in total. The van der Waals surface area contributed by atoms with Crippen LogP contribution in [-0.2, 0) is 0 Å². The van der Waals surface area contributed by atoms with Gasteiger partial charge in [0.15, 0.2) is 5.75 Å². The van der Waals surface area contributed by atoms with Crippen LogP contribution in [-0.4, -0.2) is 22.7 Å². The van der Waals surface area contributed by atoms with Gasteiger partial charge in [-0.1, -0.05) is 23.2 Å². The van der Waals surface area contributed by atoms with Gasteiger partial charge in [-0.25, -0.2) is 0 Å². The van der Waals surface area contributed by atoms with Gasteiger partial charge in [-0.2, -0.15) is 0 Å². The van der Waals surface area contributed by atoms with Crippen LogP contribution in [0.15, 0.2) is 12.1 Å². The molecule has 7 heteroatoms. The lowest BCUT2D eigenvalue weighted by molar-refractivity contribution is -0.384. The SMILES string of the molecule is O=[N+]([O-])c1cc(Cl)c(OC2CCC(CO)CC2)c(Cl)c1. The van der Waals surface area contributed by atoms with Crippen LogP contribution >= 0.6 is 23.2 Å². The molecule has 0 heterocycles. The maximum atomic E-state index is 10.7. The molecule has 1 saturated carbocycles. The predicted molar refractivity (Wildman–Crippen MR) is 76.6 cm³/mol. The zero-order valence-corrected chi connectivity index (χ0v) is 12.2. The Morgan fingerprint density at radius 1 is 1.25 bits per heavy atom. The van der Waals surface area contributed by atoms with E-state index in [1.165, 1.54) is 12.1 Å². The first-order valence-corrected chi connectivity index (χ1v) is 7.17. The van der Waals surface area contributed by atoms with Crippen LogP contribution < -0.4 is 4.74 Å². The summed E-state index contributed by atoms with van der Waals surface area (Å²) in [6.45, 7) is 0.200. The van der Waals surface area contributed by atoms with E-state index in [4.69, 9.17) is 33.0 Å². The van der Waals surface area contributed by atoms with E-state index in [1.807, 2.05) is 0 Å². The summed E-state index contributed by atoms with van der Waals surface area (Å²) in [5.74, 6) is 0.629. The number of halogens is 2. The molecule has 0 amide bonds. The molecule has 0 bridgehead atoms. The van der Waals surface area contributed by atoms with Gasteiger partial charge in [-0.15, -0.1) is 0 Å². The van der Waals surface area contributed by atoms with Crippen LogP contribution in [0.2, 0.25) is 10.0 Å². The fourth-order valence-electron chi connectivity index (χ4n) is 2.36. The highest BCUT2D eigenvalue weighted by molar-refractivity contribution is 6.37. The first-order chi connectivity index (χ1) is 9.51. The van der Waals surface area contributed by atoms with Gasteiger partial charge >= 0.3 is 0 Å². The highest BCUT2D eigenvalue weighted by Gasteiger charge is 2.24. The van der Waals surface area contributed by atoms with Crippen molar-refractivity contribution in [1.29, 1.82) is 0 Å². The van der Waals surface area contributed by atoms with Crippen molar-refractivity contribution in [1.82, 2.24) is 0 Å². The van der Waals surface area contributed by atoms with Crippen molar-refractivity contribution >= 4 is 28.9 Å². The van der Waals surface area contributed by atoms with E-state index in [2.05, 4.69) is 0 Å². The number of benzene rings is 1. The smallest absolute Gasteiger partial charge is 0.272 e. The first-order valence-electron chi connectivity index (χ1n) is 6.42. The highest BCUT2D eigenvalue weighted by Crippen LogP contribution is 2.39. The van der Waals surface area contributed by atoms with Crippen LogP contribution in [0.5, 0.6) is 5.75 Å². The van der Waals surface area contributed by atoms with Gasteiger partial charge in [0, 0.05) is 18.7 Å². The van der Waals surface area contributed by atoms with Crippen molar-refractivity contribution in [3.05, 3.63) is 32.3 Å². The molecule has 1 aromatic carbocycles. The van der Waals surface area contributed by atoms with E-state index in [0.29, 0.717) is 11.7 Å². The van der Waals surface area contributed by atoms with E-state index < -0.39 is 4.92 Å². The monoisotopic (exact) mass is 319 g/mol. The molecule has 2 rings (SSSR count). The zero-order chi connectivity index (χ0) is 14.7. The van der Waals surface area contributed by atoms with E-state index in [0.717, 1.165) is 25.7 Å². The standard InChI is InChI=1S/C13H15Cl2NO4/c14-11-5-9(16(18)19)6-12(15)13(11)20-10-3-1-8(7-17)2-4-10/h5-6,8,10,17H,1-4,7H2. The van der Waals surface area contributed by atoms with Crippen LogP contribution in [0.25, 0.3) is 0 Å². The third kappa shape index (κ3) is 3.53. The van der Waals surface area contributed by atoms with Crippen molar-refractivity contribution in [3.63, 3.8) is 0 Å². The van der Waals surface area contributed by atoms with Crippen LogP contribution in [0, 0.1) is 16.0 Å². The molecule has 0 radical (unpaired) electrons. The first kappa shape index (κ1) is 15.4. The number of non-ortho nitro benzene ring substituents is 1.